The number of amides is 1. The molecular formula is C14H23NO. The molecule has 90 valence electrons. The maximum Gasteiger partial charge on any atom is 0.223 e. The highest BCUT2D eigenvalue weighted by Gasteiger charge is 2.51. The SMILES string of the molecule is O=C1NCC2(CC3CCCCCC3)CC1C2. The Morgan fingerprint density at radius 3 is 2.38 bits per heavy atom. The van der Waals surface area contributed by atoms with Crippen molar-refractivity contribution < 1.29 is 4.79 Å². The fourth-order valence-electron chi connectivity index (χ4n) is 4.15. The van der Waals surface area contributed by atoms with Gasteiger partial charge in [-0.15, -0.1) is 0 Å². The van der Waals surface area contributed by atoms with Crippen LogP contribution in [0.4, 0.5) is 0 Å². The van der Waals surface area contributed by atoms with E-state index in [1.807, 2.05) is 0 Å². The molecule has 2 nitrogen and oxygen atoms in total. The molecule has 0 aromatic heterocycles. The van der Waals surface area contributed by atoms with Crippen LogP contribution in [0.3, 0.4) is 0 Å². The van der Waals surface area contributed by atoms with Gasteiger partial charge in [-0.1, -0.05) is 38.5 Å². The first-order valence-electron chi connectivity index (χ1n) is 7.05. The summed E-state index contributed by atoms with van der Waals surface area (Å²) in [4.78, 5) is 11.4. The van der Waals surface area contributed by atoms with E-state index in [0.29, 0.717) is 17.2 Å². The summed E-state index contributed by atoms with van der Waals surface area (Å²) in [7, 11) is 0. The summed E-state index contributed by atoms with van der Waals surface area (Å²) in [6.07, 6.45) is 12.4. The van der Waals surface area contributed by atoms with Gasteiger partial charge >= 0.3 is 0 Å². The maximum atomic E-state index is 11.4. The first kappa shape index (κ1) is 10.6. The van der Waals surface area contributed by atoms with Crippen LogP contribution in [-0.4, -0.2) is 12.5 Å². The number of piperidine rings is 2. The molecule has 2 saturated heterocycles. The summed E-state index contributed by atoms with van der Waals surface area (Å²) < 4.78 is 0. The van der Waals surface area contributed by atoms with Gasteiger partial charge < -0.3 is 5.32 Å². The number of carbonyl (C=O) groups is 1. The van der Waals surface area contributed by atoms with Crippen LogP contribution in [0.1, 0.15) is 57.8 Å². The molecule has 2 aliphatic heterocycles. The minimum atomic E-state index is 0.322. The first-order chi connectivity index (χ1) is 7.77. The van der Waals surface area contributed by atoms with Gasteiger partial charge in [0.05, 0.1) is 0 Å². The van der Waals surface area contributed by atoms with Crippen molar-refractivity contribution in [2.24, 2.45) is 17.3 Å². The summed E-state index contributed by atoms with van der Waals surface area (Å²) in [5.74, 6) is 1.65. The van der Waals surface area contributed by atoms with Crippen LogP contribution in [-0.2, 0) is 4.79 Å². The number of fused-ring (bicyclic) bond motifs is 2. The van der Waals surface area contributed by atoms with Crippen molar-refractivity contribution >= 4 is 5.91 Å². The van der Waals surface area contributed by atoms with E-state index >= 15 is 0 Å². The van der Waals surface area contributed by atoms with E-state index in [0.717, 1.165) is 12.5 Å². The molecule has 4 aliphatic rings. The van der Waals surface area contributed by atoms with Crippen molar-refractivity contribution in [1.82, 2.24) is 5.32 Å². The highest BCUT2D eigenvalue weighted by molar-refractivity contribution is 5.81. The molecule has 2 heterocycles. The molecule has 2 saturated carbocycles. The number of nitrogens with one attached hydrogen (secondary N) is 1. The van der Waals surface area contributed by atoms with Gasteiger partial charge in [-0.25, -0.2) is 0 Å². The van der Waals surface area contributed by atoms with Gasteiger partial charge in [-0.2, -0.15) is 0 Å². The number of hydrogen-bond acceptors (Lipinski definition) is 1. The molecule has 1 amide bonds. The molecule has 0 unspecified atom stereocenters. The Bertz CT molecular complexity index is 267. The summed E-state index contributed by atoms with van der Waals surface area (Å²) >= 11 is 0. The largest absolute Gasteiger partial charge is 0.355 e. The number of hydrogen-bond donors (Lipinski definition) is 1. The zero-order valence-electron chi connectivity index (χ0n) is 10.1. The third kappa shape index (κ3) is 1.87. The quantitative estimate of drug-likeness (QED) is 0.714. The van der Waals surface area contributed by atoms with Crippen LogP contribution in [0.25, 0.3) is 0 Å². The Morgan fingerprint density at radius 1 is 1.12 bits per heavy atom. The Kier molecular flexibility index (Phi) is 2.68. The zero-order chi connectivity index (χ0) is 11.0. The second-order valence-electron chi connectivity index (χ2n) is 6.38. The van der Waals surface area contributed by atoms with Crippen molar-refractivity contribution in [3.63, 3.8) is 0 Å². The molecule has 2 bridgehead atoms. The fraction of sp³-hybridized carbons (Fsp3) is 0.929. The molecule has 1 N–H and O–H groups in total. The molecule has 0 spiro atoms. The lowest BCUT2D eigenvalue weighted by molar-refractivity contribution is -0.142. The normalized spacial score (nSPS) is 39.8. The molecular weight excluding hydrogens is 198 g/mol. The van der Waals surface area contributed by atoms with E-state index in [1.165, 1.54) is 57.8 Å². The lowest BCUT2D eigenvalue weighted by Crippen LogP contribution is -2.58. The minimum absolute atomic E-state index is 0.322. The van der Waals surface area contributed by atoms with Gasteiger partial charge in [-0.05, 0) is 30.6 Å². The molecule has 2 heteroatoms. The molecule has 0 aromatic carbocycles. The first-order valence-corrected chi connectivity index (χ1v) is 7.05. The lowest BCUT2D eigenvalue weighted by atomic mass is 9.55. The van der Waals surface area contributed by atoms with Gasteiger partial charge in [0, 0.05) is 12.5 Å². The van der Waals surface area contributed by atoms with E-state index in [4.69, 9.17) is 0 Å². The van der Waals surface area contributed by atoms with Crippen molar-refractivity contribution in [2.75, 3.05) is 6.54 Å². The zero-order valence-corrected chi connectivity index (χ0v) is 10.1. The average molecular weight is 221 g/mol. The molecule has 0 atom stereocenters. The monoisotopic (exact) mass is 221 g/mol. The summed E-state index contributed by atoms with van der Waals surface area (Å²) in [5.41, 5.74) is 0.521. The molecule has 16 heavy (non-hydrogen) atoms. The van der Waals surface area contributed by atoms with Gasteiger partial charge in [0.2, 0.25) is 5.91 Å². The van der Waals surface area contributed by atoms with Crippen LogP contribution in [0, 0.1) is 17.3 Å². The van der Waals surface area contributed by atoms with Crippen LogP contribution in [0.5, 0.6) is 0 Å². The van der Waals surface area contributed by atoms with Crippen LogP contribution < -0.4 is 5.32 Å². The smallest absolute Gasteiger partial charge is 0.223 e. The Balaban J connectivity index is 1.56. The highest BCUT2D eigenvalue weighted by Crippen LogP contribution is 2.53. The topological polar surface area (TPSA) is 29.1 Å². The van der Waals surface area contributed by atoms with Gasteiger partial charge in [0.25, 0.3) is 0 Å². The van der Waals surface area contributed by atoms with E-state index in [-0.39, 0.29) is 0 Å². The average Bonchev–Trinajstić information content (AvgIpc) is 2.48. The van der Waals surface area contributed by atoms with E-state index in [9.17, 15) is 4.79 Å². The number of carbonyl (C=O) groups excluding carboxylic acids is 1. The molecule has 0 radical (unpaired) electrons. The summed E-state index contributed by atoms with van der Waals surface area (Å²) in [6.45, 7) is 0.971. The van der Waals surface area contributed by atoms with Gasteiger partial charge in [0.15, 0.2) is 0 Å². The predicted octanol–water partition coefficient (Wildman–Crippen LogP) is 2.87. The third-order valence-electron chi connectivity index (χ3n) is 5.06. The predicted molar refractivity (Wildman–Crippen MR) is 64.0 cm³/mol. The van der Waals surface area contributed by atoms with Crippen LogP contribution in [0.15, 0.2) is 0 Å². The Morgan fingerprint density at radius 2 is 1.81 bits per heavy atom. The minimum Gasteiger partial charge on any atom is -0.355 e. The van der Waals surface area contributed by atoms with Gasteiger partial charge in [0.1, 0.15) is 0 Å². The van der Waals surface area contributed by atoms with E-state index < -0.39 is 0 Å². The number of rotatable bonds is 2. The van der Waals surface area contributed by atoms with E-state index in [1.54, 1.807) is 0 Å². The van der Waals surface area contributed by atoms with Crippen LogP contribution >= 0.6 is 0 Å². The molecule has 0 aromatic rings. The molecule has 4 fully saturated rings. The van der Waals surface area contributed by atoms with Crippen LogP contribution in [0.2, 0.25) is 0 Å². The van der Waals surface area contributed by atoms with Crippen molar-refractivity contribution in [3.05, 3.63) is 0 Å². The summed E-state index contributed by atoms with van der Waals surface area (Å²) in [5, 5.41) is 3.09. The Labute approximate surface area is 98.2 Å². The Hall–Kier alpha value is -0.530. The molecule has 2 aliphatic carbocycles. The standard InChI is InChI=1S/C14H23NO/c16-13-12-8-14(9-12,10-15-13)7-11-5-3-1-2-4-6-11/h11-12H,1-10H2,(H,15,16). The second-order valence-corrected chi connectivity index (χ2v) is 6.38. The van der Waals surface area contributed by atoms with E-state index in [2.05, 4.69) is 5.32 Å². The second kappa shape index (κ2) is 4.05. The summed E-state index contributed by atoms with van der Waals surface area (Å²) in [6, 6.07) is 0. The third-order valence-corrected chi connectivity index (χ3v) is 5.06. The fourth-order valence-corrected chi connectivity index (χ4v) is 4.15. The van der Waals surface area contributed by atoms with Crippen molar-refractivity contribution in [3.8, 4) is 0 Å². The lowest BCUT2D eigenvalue weighted by Gasteiger charge is -2.53. The maximum absolute atomic E-state index is 11.4. The van der Waals surface area contributed by atoms with Crippen molar-refractivity contribution in [2.45, 2.75) is 57.8 Å². The molecule has 4 rings (SSSR count). The highest BCUT2D eigenvalue weighted by atomic mass is 16.2. The van der Waals surface area contributed by atoms with Crippen molar-refractivity contribution in [1.29, 1.82) is 0 Å². The van der Waals surface area contributed by atoms with Gasteiger partial charge in [-0.3, -0.25) is 4.79 Å².